The van der Waals surface area contributed by atoms with Gasteiger partial charge in [-0.2, -0.15) is 0 Å². The fourth-order valence-electron chi connectivity index (χ4n) is 3.79. The summed E-state index contributed by atoms with van der Waals surface area (Å²) in [5.74, 6) is -2.72. The van der Waals surface area contributed by atoms with E-state index in [1.807, 2.05) is 0 Å². The van der Waals surface area contributed by atoms with E-state index in [2.05, 4.69) is 20.6 Å². The molecule has 3 amide bonds. The number of amides is 3. The molecule has 0 saturated carbocycles. The number of phenols is 1. The van der Waals surface area contributed by atoms with Gasteiger partial charge in [0.15, 0.2) is 0 Å². The van der Waals surface area contributed by atoms with E-state index in [1.165, 1.54) is 23.4 Å². The number of aromatic nitrogens is 2. The Bertz CT molecular complexity index is 1010. The van der Waals surface area contributed by atoms with Crippen molar-refractivity contribution in [3.05, 3.63) is 48.0 Å². The number of aromatic amines is 1. The van der Waals surface area contributed by atoms with Crippen molar-refractivity contribution in [2.45, 2.75) is 43.8 Å². The molecule has 12 nitrogen and oxygen atoms in total. The largest absolute Gasteiger partial charge is 0.508 e. The Hall–Kier alpha value is -3.93. The molecule has 12 heteroatoms. The third kappa shape index (κ3) is 6.54. The highest BCUT2D eigenvalue weighted by atomic mass is 16.4. The molecule has 1 aromatic heterocycles. The fourth-order valence-corrected chi connectivity index (χ4v) is 3.79. The lowest BCUT2D eigenvalue weighted by Gasteiger charge is -2.23. The number of rotatable bonds is 10. The van der Waals surface area contributed by atoms with Crippen LogP contribution in [0, 0.1) is 0 Å². The van der Waals surface area contributed by atoms with Gasteiger partial charge in [0.2, 0.25) is 17.7 Å². The van der Waals surface area contributed by atoms with Crippen molar-refractivity contribution in [1.29, 1.82) is 0 Å². The average molecular weight is 473 g/mol. The van der Waals surface area contributed by atoms with Gasteiger partial charge in [0, 0.05) is 31.3 Å². The molecule has 0 bridgehead atoms. The van der Waals surface area contributed by atoms with Crippen molar-refractivity contribution in [3.63, 3.8) is 0 Å². The van der Waals surface area contributed by atoms with Crippen LogP contribution in [0.3, 0.4) is 0 Å². The van der Waals surface area contributed by atoms with Crippen LogP contribution < -0.4 is 16.4 Å². The van der Waals surface area contributed by atoms with E-state index in [0.717, 1.165) is 0 Å². The van der Waals surface area contributed by atoms with E-state index in [1.54, 1.807) is 18.3 Å². The van der Waals surface area contributed by atoms with Crippen LogP contribution in [-0.2, 0) is 32.0 Å². The second-order valence-corrected chi connectivity index (χ2v) is 8.12. The maximum atomic E-state index is 12.9. The van der Waals surface area contributed by atoms with Gasteiger partial charge in [-0.3, -0.25) is 14.4 Å². The number of aliphatic carboxylic acids is 1. The van der Waals surface area contributed by atoms with Gasteiger partial charge in [-0.1, -0.05) is 12.1 Å². The number of likely N-dealkylation sites (tertiary alicyclic amines) is 1. The Balaban J connectivity index is 1.64. The molecule has 3 rings (SSSR count). The highest BCUT2D eigenvalue weighted by Crippen LogP contribution is 2.17. The summed E-state index contributed by atoms with van der Waals surface area (Å²) < 4.78 is 0. The standard InChI is InChI=1S/C22H28N6O6/c23-16(9-14-10-24-12-26-14)20(31)27-17(8-13-3-5-15(29)6-4-13)21(32)25-11-19(30)28-7-1-2-18(28)22(33)34/h3-6,10,12,16-18,29H,1-2,7-9,11,23H2,(H,24,26)(H,25,32)(H,27,31)(H,33,34). The smallest absolute Gasteiger partial charge is 0.326 e. The number of nitrogens with two attached hydrogens (primary N) is 1. The first-order valence-corrected chi connectivity index (χ1v) is 10.9. The first-order chi connectivity index (χ1) is 16.2. The summed E-state index contributed by atoms with van der Waals surface area (Å²) in [5.41, 5.74) is 7.30. The average Bonchev–Trinajstić information content (AvgIpc) is 3.50. The zero-order chi connectivity index (χ0) is 24.7. The van der Waals surface area contributed by atoms with Crippen molar-refractivity contribution in [2.75, 3.05) is 13.1 Å². The summed E-state index contributed by atoms with van der Waals surface area (Å²) in [6.07, 6.45) is 4.22. The number of hydrogen-bond donors (Lipinski definition) is 6. The number of carbonyl (C=O) groups is 4. The maximum Gasteiger partial charge on any atom is 0.326 e. The van der Waals surface area contributed by atoms with Crippen molar-refractivity contribution in [2.24, 2.45) is 5.73 Å². The van der Waals surface area contributed by atoms with Crippen LogP contribution in [0.4, 0.5) is 0 Å². The minimum Gasteiger partial charge on any atom is -0.508 e. The van der Waals surface area contributed by atoms with E-state index in [0.29, 0.717) is 30.6 Å². The van der Waals surface area contributed by atoms with E-state index in [4.69, 9.17) is 5.73 Å². The van der Waals surface area contributed by atoms with E-state index in [-0.39, 0.29) is 18.6 Å². The van der Waals surface area contributed by atoms with Crippen LogP contribution in [0.5, 0.6) is 5.75 Å². The molecular formula is C22H28N6O6. The van der Waals surface area contributed by atoms with E-state index < -0.39 is 48.4 Å². The molecule has 0 radical (unpaired) electrons. The molecule has 1 aromatic carbocycles. The Labute approximate surface area is 195 Å². The summed E-state index contributed by atoms with van der Waals surface area (Å²) in [7, 11) is 0. The van der Waals surface area contributed by atoms with Crippen LogP contribution in [-0.4, -0.2) is 80.0 Å². The minimum atomic E-state index is -1.08. The molecule has 2 heterocycles. The molecule has 34 heavy (non-hydrogen) atoms. The summed E-state index contributed by atoms with van der Waals surface area (Å²) >= 11 is 0. The maximum absolute atomic E-state index is 12.9. The third-order valence-electron chi connectivity index (χ3n) is 5.61. The number of benzene rings is 1. The summed E-state index contributed by atoms with van der Waals surface area (Å²) in [6.45, 7) is -0.0907. The van der Waals surface area contributed by atoms with Gasteiger partial charge < -0.3 is 36.5 Å². The van der Waals surface area contributed by atoms with Gasteiger partial charge in [0.05, 0.1) is 18.9 Å². The SMILES string of the molecule is NC(Cc1cnc[nH]1)C(=O)NC(Cc1ccc(O)cc1)C(=O)NCC(=O)N1CCCC1C(=O)O. The van der Waals surface area contributed by atoms with Crippen molar-refractivity contribution in [3.8, 4) is 5.75 Å². The number of nitrogens with zero attached hydrogens (tertiary/aromatic N) is 2. The number of imidazole rings is 1. The minimum absolute atomic E-state index is 0.0551. The van der Waals surface area contributed by atoms with E-state index >= 15 is 0 Å². The molecule has 3 atom stereocenters. The van der Waals surface area contributed by atoms with Crippen molar-refractivity contribution >= 4 is 23.7 Å². The van der Waals surface area contributed by atoms with Gasteiger partial charge in [-0.15, -0.1) is 0 Å². The molecule has 3 unspecified atom stereocenters. The first-order valence-electron chi connectivity index (χ1n) is 10.9. The molecule has 7 N–H and O–H groups in total. The topological polar surface area (TPSA) is 191 Å². The number of nitrogens with one attached hydrogen (secondary N) is 3. The molecule has 0 spiro atoms. The van der Waals surface area contributed by atoms with Crippen LogP contribution in [0.1, 0.15) is 24.1 Å². The predicted octanol–water partition coefficient (Wildman–Crippen LogP) is -1.10. The quantitative estimate of drug-likeness (QED) is 0.251. The van der Waals surface area contributed by atoms with Crippen molar-refractivity contribution < 1.29 is 29.4 Å². The lowest BCUT2D eigenvalue weighted by Crippen LogP contribution is -2.54. The number of phenolic OH excluding ortho intramolecular Hbond substituents is 1. The van der Waals surface area contributed by atoms with Crippen molar-refractivity contribution in [1.82, 2.24) is 25.5 Å². The Morgan fingerprint density at radius 2 is 1.91 bits per heavy atom. The Morgan fingerprint density at radius 1 is 1.18 bits per heavy atom. The second-order valence-electron chi connectivity index (χ2n) is 8.12. The number of H-pyrrole nitrogens is 1. The van der Waals surface area contributed by atoms with Crippen LogP contribution in [0.15, 0.2) is 36.8 Å². The lowest BCUT2D eigenvalue weighted by atomic mass is 10.0. The Morgan fingerprint density at radius 3 is 2.56 bits per heavy atom. The fraction of sp³-hybridized carbons (Fsp3) is 0.409. The number of carbonyl (C=O) groups excluding carboxylic acids is 3. The zero-order valence-electron chi connectivity index (χ0n) is 18.4. The number of carboxylic acids is 1. The third-order valence-corrected chi connectivity index (χ3v) is 5.61. The summed E-state index contributed by atoms with van der Waals surface area (Å²) in [4.78, 5) is 57.4. The summed E-state index contributed by atoms with van der Waals surface area (Å²) in [6, 6.07) is 3.23. The van der Waals surface area contributed by atoms with E-state index in [9.17, 15) is 29.4 Å². The molecule has 2 aromatic rings. The van der Waals surface area contributed by atoms with Gasteiger partial charge in [0.25, 0.3) is 0 Å². The number of hydrogen-bond acceptors (Lipinski definition) is 7. The highest BCUT2D eigenvalue weighted by Gasteiger charge is 2.34. The van der Waals surface area contributed by atoms with Crippen LogP contribution >= 0.6 is 0 Å². The van der Waals surface area contributed by atoms with Crippen LogP contribution in [0.2, 0.25) is 0 Å². The van der Waals surface area contributed by atoms with Gasteiger partial charge >= 0.3 is 5.97 Å². The lowest BCUT2D eigenvalue weighted by molar-refractivity contribution is -0.148. The van der Waals surface area contributed by atoms with Gasteiger partial charge in [0.1, 0.15) is 17.8 Å². The zero-order valence-corrected chi connectivity index (χ0v) is 18.4. The molecule has 0 aliphatic carbocycles. The molecular weight excluding hydrogens is 444 g/mol. The molecule has 182 valence electrons. The molecule has 1 aliphatic heterocycles. The van der Waals surface area contributed by atoms with Crippen LogP contribution in [0.25, 0.3) is 0 Å². The molecule has 1 saturated heterocycles. The molecule has 1 aliphatic rings. The summed E-state index contributed by atoms with van der Waals surface area (Å²) in [5, 5.41) is 23.9. The number of aromatic hydroxyl groups is 1. The first kappa shape index (κ1) is 24.7. The Kier molecular flexibility index (Phi) is 8.19. The second kappa shape index (κ2) is 11.3. The predicted molar refractivity (Wildman–Crippen MR) is 119 cm³/mol. The van der Waals surface area contributed by atoms with Gasteiger partial charge in [-0.25, -0.2) is 9.78 Å². The van der Waals surface area contributed by atoms with Gasteiger partial charge in [-0.05, 0) is 30.5 Å². The number of carboxylic acid groups (broad SMARTS) is 1. The normalized spacial score (nSPS) is 17.1. The monoisotopic (exact) mass is 472 g/mol. The molecule has 1 fully saturated rings. The highest BCUT2D eigenvalue weighted by molar-refractivity contribution is 5.93.